The first-order chi connectivity index (χ1) is 8.22. The first-order valence-electron chi connectivity index (χ1n) is 6.23. The van der Waals surface area contributed by atoms with Crippen molar-refractivity contribution in [1.29, 1.82) is 0 Å². The lowest BCUT2D eigenvalue weighted by molar-refractivity contribution is 0.421. The lowest BCUT2D eigenvalue weighted by Gasteiger charge is -2.21. The van der Waals surface area contributed by atoms with Crippen molar-refractivity contribution in [2.45, 2.75) is 30.7 Å². The second-order valence-corrected chi connectivity index (χ2v) is 6.24. The summed E-state index contributed by atoms with van der Waals surface area (Å²) in [7, 11) is 0. The maximum Gasteiger partial charge on any atom is 0.0263 e. The van der Waals surface area contributed by atoms with Crippen molar-refractivity contribution in [3.8, 4) is 0 Å². The van der Waals surface area contributed by atoms with Gasteiger partial charge in [-0.1, -0.05) is 25.1 Å². The van der Waals surface area contributed by atoms with Crippen LogP contribution >= 0.6 is 23.4 Å². The Labute approximate surface area is 113 Å². The zero-order valence-corrected chi connectivity index (χ0v) is 12.0. The topological polar surface area (TPSA) is 12.0 Å². The molecule has 1 aliphatic rings. The summed E-state index contributed by atoms with van der Waals surface area (Å²) in [6.07, 6.45) is 0. The second kappa shape index (κ2) is 6.12. The molecule has 3 unspecified atom stereocenters. The number of benzene rings is 1. The number of nitrogens with one attached hydrogen (secondary N) is 1. The van der Waals surface area contributed by atoms with Gasteiger partial charge in [0.05, 0.1) is 0 Å². The maximum atomic E-state index is 5.88. The highest BCUT2D eigenvalue weighted by atomic mass is 35.5. The quantitative estimate of drug-likeness (QED) is 0.818. The minimum Gasteiger partial charge on any atom is -0.313 e. The molecule has 0 amide bonds. The van der Waals surface area contributed by atoms with E-state index in [0.29, 0.717) is 17.9 Å². The lowest BCUT2D eigenvalue weighted by atomic mass is 10.00. The first kappa shape index (κ1) is 13.3. The molecule has 3 heteroatoms. The van der Waals surface area contributed by atoms with Crippen LogP contribution in [-0.4, -0.2) is 24.2 Å². The molecule has 1 aromatic carbocycles. The number of alkyl halides is 1. The summed E-state index contributed by atoms with van der Waals surface area (Å²) in [5.41, 5.74) is 1.51. The standard InChI is InChI=1S/C14H20ClNS/c1-10(7-15)11(2)16-8-12-9-17-14-6-4-3-5-13(12)14/h3-6,10-12,16H,7-9H2,1-2H3. The largest absolute Gasteiger partial charge is 0.313 e. The van der Waals surface area contributed by atoms with E-state index in [-0.39, 0.29) is 0 Å². The van der Waals surface area contributed by atoms with Crippen molar-refractivity contribution in [1.82, 2.24) is 5.32 Å². The Hall–Kier alpha value is -0.180. The molecule has 0 saturated heterocycles. The highest BCUT2D eigenvalue weighted by Crippen LogP contribution is 2.38. The molecule has 0 bridgehead atoms. The molecule has 0 spiro atoms. The molecule has 0 fully saturated rings. The highest BCUT2D eigenvalue weighted by Gasteiger charge is 2.23. The Bertz CT molecular complexity index is 369. The molecular formula is C14H20ClNS. The van der Waals surface area contributed by atoms with E-state index in [2.05, 4.69) is 43.4 Å². The van der Waals surface area contributed by atoms with Crippen molar-refractivity contribution in [3.05, 3.63) is 29.8 Å². The van der Waals surface area contributed by atoms with E-state index in [1.807, 2.05) is 11.8 Å². The Morgan fingerprint density at radius 3 is 2.94 bits per heavy atom. The van der Waals surface area contributed by atoms with Gasteiger partial charge in [-0.05, 0) is 24.5 Å². The van der Waals surface area contributed by atoms with Gasteiger partial charge in [0.1, 0.15) is 0 Å². The fourth-order valence-corrected chi connectivity index (χ4v) is 3.58. The van der Waals surface area contributed by atoms with Crippen molar-refractivity contribution in [2.75, 3.05) is 18.2 Å². The fraction of sp³-hybridized carbons (Fsp3) is 0.571. The van der Waals surface area contributed by atoms with E-state index >= 15 is 0 Å². The summed E-state index contributed by atoms with van der Waals surface area (Å²) in [6.45, 7) is 5.48. The molecule has 2 rings (SSSR count). The number of hydrogen-bond acceptors (Lipinski definition) is 2. The molecule has 1 nitrogen and oxygen atoms in total. The van der Waals surface area contributed by atoms with Gasteiger partial charge in [-0.25, -0.2) is 0 Å². The van der Waals surface area contributed by atoms with Gasteiger partial charge in [-0.2, -0.15) is 0 Å². The molecule has 1 heterocycles. The van der Waals surface area contributed by atoms with E-state index in [9.17, 15) is 0 Å². The van der Waals surface area contributed by atoms with Gasteiger partial charge >= 0.3 is 0 Å². The number of fused-ring (bicyclic) bond motifs is 1. The molecule has 1 aliphatic heterocycles. The molecule has 94 valence electrons. The minimum atomic E-state index is 0.491. The van der Waals surface area contributed by atoms with Crippen molar-refractivity contribution in [3.63, 3.8) is 0 Å². The lowest BCUT2D eigenvalue weighted by Crippen LogP contribution is -2.35. The Morgan fingerprint density at radius 1 is 1.41 bits per heavy atom. The van der Waals surface area contributed by atoms with Crippen LogP contribution in [0.4, 0.5) is 0 Å². The Kier molecular flexibility index (Phi) is 4.78. The van der Waals surface area contributed by atoms with E-state index in [1.54, 1.807) is 0 Å². The third kappa shape index (κ3) is 3.18. The molecule has 0 radical (unpaired) electrons. The Morgan fingerprint density at radius 2 is 2.18 bits per heavy atom. The van der Waals surface area contributed by atoms with Crippen molar-refractivity contribution in [2.24, 2.45) is 5.92 Å². The van der Waals surface area contributed by atoms with Gasteiger partial charge in [-0.15, -0.1) is 23.4 Å². The van der Waals surface area contributed by atoms with Crippen LogP contribution in [0.3, 0.4) is 0 Å². The number of halogens is 1. The summed E-state index contributed by atoms with van der Waals surface area (Å²) < 4.78 is 0. The van der Waals surface area contributed by atoms with E-state index < -0.39 is 0 Å². The molecule has 3 atom stereocenters. The average molecular weight is 270 g/mol. The summed E-state index contributed by atoms with van der Waals surface area (Å²) in [4.78, 5) is 1.46. The zero-order chi connectivity index (χ0) is 12.3. The summed E-state index contributed by atoms with van der Waals surface area (Å²) in [5.74, 6) is 3.11. The molecule has 17 heavy (non-hydrogen) atoms. The molecule has 0 aliphatic carbocycles. The predicted molar refractivity (Wildman–Crippen MR) is 77.3 cm³/mol. The predicted octanol–water partition coefficient (Wildman–Crippen LogP) is 3.73. The van der Waals surface area contributed by atoms with Gasteiger partial charge in [-0.3, -0.25) is 0 Å². The maximum absolute atomic E-state index is 5.88. The van der Waals surface area contributed by atoms with Crippen LogP contribution in [0.25, 0.3) is 0 Å². The summed E-state index contributed by atoms with van der Waals surface area (Å²) >= 11 is 7.85. The fourth-order valence-electron chi connectivity index (χ4n) is 2.06. The minimum absolute atomic E-state index is 0.491. The Balaban J connectivity index is 1.90. The van der Waals surface area contributed by atoms with Crippen LogP contribution in [-0.2, 0) is 0 Å². The van der Waals surface area contributed by atoms with Crippen molar-refractivity contribution < 1.29 is 0 Å². The number of rotatable bonds is 5. The molecular weight excluding hydrogens is 250 g/mol. The normalized spacial score (nSPS) is 22.2. The SMILES string of the molecule is CC(CCl)C(C)NCC1CSc2ccccc21. The second-order valence-electron chi connectivity index (χ2n) is 4.87. The van der Waals surface area contributed by atoms with Crippen LogP contribution in [0.1, 0.15) is 25.3 Å². The van der Waals surface area contributed by atoms with Gasteiger partial charge in [0.15, 0.2) is 0 Å². The van der Waals surface area contributed by atoms with Gasteiger partial charge in [0.25, 0.3) is 0 Å². The molecule has 1 N–H and O–H groups in total. The van der Waals surface area contributed by atoms with Crippen LogP contribution in [0.2, 0.25) is 0 Å². The van der Waals surface area contributed by atoms with Gasteiger partial charge in [0.2, 0.25) is 0 Å². The number of hydrogen-bond donors (Lipinski definition) is 1. The van der Waals surface area contributed by atoms with E-state index in [4.69, 9.17) is 11.6 Å². The summed E-state index contributed by atoms with van der Waals surface area (Å²) in [6, 6.07) is 9.25. The monoisotopic (exact) mass is 269 g/mol. The smallest absolute Gasteiger partial charge is 0.0263 e. The van der Waals surface area contributed by atoms with Gasteiger partial charge in [0, 0.05) is 35.0 Å². The third-order valence-corrected chi connectivity index (χ3v) is 5.32. The van der Waals surface area contributed by atoms with Gasteiger partial charge < -0.3 is 5.32 Å². The van der Waals surface area contributed by atoms with Crippen LogP contribution in [0, 0.1) is 5.92 Å². The molecule has 0 aromatic heterocycles. The summed E-state index contributed by atoms with van der Waals surface area (Å²) in [5, 5.41) is 3.62. The molecule has 0 saturated carbocycles. The third-order valence-electron chi connectivity index (χ3n) is 3.58. The highest BCUT2D eigenvalue weighted by molar-refractivity contribution is 7.99. The first-order valence-corrected chi connectivity index (χ1v) is 7.75. The van der Waals surface area contributed by atoms with Crippen molar-refractivity contribution >= 4 is 23.4 Å². The van der Waals surface area contributed by atoms with E-state index in [1.165, 1.54) is 16.2 Å². The van der Waals surface area contributed by atoms with E-state index in [0.717, 1.165) is 12.4 Å². The zero-order valence-electron chi connectivity index (χ0n) is 10.4. The number of thioether (sulfide) groups is 1. The molecule has 1 aromatic rings. The average Bonchev–Trinajstić information content (AvgIpc) is 2.78. The van der Waals surface area contributed by atoms with Crippen LogP contribution in [0.15, 0.2) is 29.2 Å². The van der Waals surface area contributed by atoms with Crippen LogP contribution < -0.4 is 5.32 Å². The van der Waals surface area contributed by atoms with Crippen LogP contribution in [0.5, 0.6) is 0 Å².